The number of nitrogens with one attached hydrogen (secondary N) is 1. The van der Waals surface area contributed by atoms with Crippen molar-refractivity contribution in [3.05, 3.63) is 29.8 Å². The molecule has 0 heterocycles. The van der Waals surface area contributed by atoms with Crippen molar-refractivity contribution in [1.29, 1.82) is 0 Å². The zero-order valence-corrected chi connectivity index (χ0v) is 11.4. The van der Waals surface area contributed by atoms with Gasteiger partial charge in [0, 0.05) is 18.2 Å². The molecule has 3 nitrogen and oxygen atoms in total. The molecule has 2 N–H and O–H groups in total. The number of hydrogen-bond donors (Lipinski definition) is 2. The normalized spacial score (nSPS) is 11.2. The van der Waals surface area contributed by atoms with Crippen LogP contribution >= 0.6 is 12.4 Å². The number of terminal acetylenes is 1. The molecule has 0 aliphatic rings. The molecule has 1 aromatic carbocycles. The van der Waals surface area contributed by atoms with Crippen molar-refractivity contribution in [2.24, 2.45) is 0 Å². The molecule has 0 aliphatic carbocycles. The van der Waals surface area contributed by atoms with E-state index in [2.05, 4.69) is 11.2 Å². The Hall–Kier alpha value is -1.21. The molecule has 0 radical (unpaired) electrons. The summed E-state index contributed by atoms with van der Waals surface area (Å²) in [6.45, 7) is 3.12. The Morgan fingerprint density at radius 1 is 1.44 bits per heavy atom. The molecule has 0 saturated carbocycles. The predicted molar refractivity (Wildman–Crippen MR) is 76.0 cm³/mol. The Morgan fingerprint density at radius 3 is 2.78 bits per heavy atom. The van der Waals surface area contributed by atoms with Crippen molar-refractivity contribution >= 4 is 12.4 Å². The summed E-state index contributed by atoms with van der Waals surface area (Å²) < 4.78 is 5.45. The van der Waals surface area contributed by atoms with Gasteiger partial charge in [-0.05, 0) is 12.5 Å². The van der Waals surface area contributed by atoms with Crippen LogP contribution in [0.2, 0.25) is 0 Å². The van der Waals surface area contributed by atoms with E-state index < -0.39 is 0 Å². The zero-order chi connectivity index (χ0) is 12.5. The van der Waals surface area contributed by atoms with Crippen LogP contribution in [0.4, 0.5) is 0 Å². The Labute approximate surface area is 115 Å². The molecular formula is C14H20ClNO2. The highest BCUT2D eigenvalue weighted by Crippen LogP contribution is 2.17. The number of halogens is 1. The number of benzene rings is 1. The average molecular weight is 270 g/mol. The molecule has 1 rings (SSSR count). The van der Waals surface area contributed by atoms with Crippen molar-refractivity contribution in [2.45, 2.75) is 25.9 Å². The summed E-state index contributed by atoms with van der Waals surface area (Å²) in [5.74, 6) is 3.24. The average Bonchev–Trinajstić information content (AvgIpc) is 2.38. The first-order chi connectivity index (χ1) is 8.31. The van der Waals surface area contributed by atoms with Gasteiger partial charge >= 0.3 is 0 Å². The van der Waals surface area contributed by atoms with Crippen LogP contribution in [0.15, 0.2) is 24.3 Å². The third-order valence-corrected chi connectivity index (χ3v) is 2.58. The van der Waals surface area contributed by atoms with Gasteiger partial charge in [-0.25, -0.2) is 0 Å². The molecule has 0 amide bonds. The summed E-state index contributed by atoms with van der Waals surface area (Å²) in [5, 5.41) is 12.4. The highest BCUT2D eigenvalue weighted by atomic mass is 35.5. The molecule has 1 unspecified atom stereocenters. The van der Waals surface area contributed by atoms with Gasteiger partial charge in [0.25, 0.3) is 0 Å². The standard InChI is InChI=1S/C14H19NO2.ClH/c1-3-9-17-14-8-6-5-7-12(14)10-15-13(4-2)11-16;/h1,5-8,13,15-16H,4,9-11H2,2H3;1H. The Kier molecular flexibility index (Phi) is 9.13. The van der Waals surface area contributed by atoms with E-state index in [9.17, 15) is 0 Å². The lowest BCUT2D eigenvalue weighted by Gasteiger charge is -2.15. The molecule has 0 aliphatic heterocycles. The number of aliphatic hydroxyl groups excluding tert-OH is 1. The molecular weight excluding hydrogens is 250 g/mol. The number of aliphatic hydroxyl groups is 1. The van der Waals surface area contributed by atoms with Crippen molar-refractivity contribution < 1.29 is 9.84 Å². The van der Waals surface area contributed by atoms with Crippen molar-refractivity contribution in [2.75, 3.05) is 13.2 Å². The number of rotatable bonds is 7. The maximum Gasteiger partial charge on any atom is 0.148 e. The minimum atomic E-state index is 0. The molecule has 0 aromatic heterocycles. The monoisotopic (exact) mass is 269 g/mol. The largest absolute Gasteiger partial charge is 0.481 e. The van der Waals surface area contributed by atoms with Crippen LogP contribution in [0.3, 0.4) is 0 Å². The maximum absolute atomic E-state index is 9.09. The first kappa shape index (κ1) is 16.8. The molecule has 0 fully saturated rings. The van der Waals surface area contributed by atoms with Gasteiger partial charge in [-0.2, -0.15) is 0 Å². The summed E-state index contributed by atoms with van der Waals surface area (Å²) in [6.07, 6.45) is 6.06. The number of para-hydroxylation sites is 1. The maximum atomic E-state index is 9.09. The summed E-state index contributed by atoms with van der Waals surface area (Å²) in [7, 11) is 0. The summed E-state index contributed by atoms with van der Waals surface area (Å²) in [4.78, 5) is 0. The lowest BCUT2D eigenvalue weighted by molar-refractivity contribution is 0.237. The second-order valence-electron chi connectivity index (χ2n) is 3.77. The molecule has 4 heteroatoms. The zero-order valence-electron chi connectivity index (χ0n) is 10.6. The summed E-state index contributed by atoms with van der Waals surface area (Å²) in [5.41, 5.74) is 1.05. The molecule has 0 bridgehead atoms. The molecule has 0 spiro atoms. The van der Waals surface area contributed by atoms with E-state index in [1.165, 1.54) is 0 Å². The van der Waals surface area contributed by atoms with E-state index in [-0.39, 0.29) is 31.7 Å². The molecule has 100 valence electrons. The smallest absolute Gasteiger partial charge is 0.148 e. The van der Waals surface area contributed by atoms with Gasteiger partial charge in [-0.15, -0.1) is 18.8 Å². The van der Waals surface area contributed by atoms with Crippen LogP contribution in [0.5, 0.6) is 5.75 Å². The molecule has 1 atom stereocenters. The first-order valence-corrected chi connectivity index (χ1v) is 5.80. The van der Waals surface area contributed by atoms with Gasteiger partial charge in [-0.3, -0.25) is 0 Å². The van der Waals surface area contributed by atoms with Crippen LogP contribution in [0, 0.1) is 12.3 Å². The molecule has 18 heavy (non-hydrogen) atoms. The fourth-order valence-corrected chi connectivity index (χ4v) is 1.50. The fourth-order valence-electron chi connectivity index (χ4n) is 1.50. The van der Waals surface area contributed by atoms with Gasteiger partial charge in [0.1, 0.15) is 12.4 Å². The van der Waals surface area contributed by atoms with E-state index in [0.29, 0.717) is 6.54 Å². The Bertz CT molecular complexity index is 372. The first-order valence-electron chi connectivity index (χ1n) is 5.80. The van der Waals surface area contributed by atoms with Crippen LogP contribution in [0.1, 0.15) is 18.9 Å². The van der Waals surface area contributed by atoms with Gasteiger partial charge in [0.05, 0.1) is 6.61 Å². The van der Waals surface area contributed by atoms with E-state index in [4.69, 9.17) is 16.3 Å². The Balaban J connectivity index is 0.00000289. The summed E-state index contributed by atoms with van der Waals surface area (Å²) in [6, 6.07) is 7.88. The Morgan fingerprint density at radius 2 is 2.17 bits per heavy atom. The van der Waals surface area contributed by atoms with Gasteiger partial charge in [0.15, 0.2) is 0 Å². The highest BCUT2D eigenvalue weighted by Gasteiger charge is 2.06. The summed E-state index contributed by atoms with van der Waals surface area (Å²) >= 11 is 0. The highest BCUT2D eigenvalue weighted by molar-refractivity contribution is 5.85. The van der Waals surface area contributed by atoms with E-state index in [0.717, 1.165) is 17.7 Å². The molecule has 1 aromatic rings. The van der Waals surface area contributed by atoms with Crippen LogP contribution in [-0.2, 0) is 6.54 Å². The topological polar surface area (TPSA) is 41.5 Å². The van der Waals surface area contributed by atoms with E-state index in [1.54, 1.807) is 0 Å². The predicted octanol–water partition coefficient (Wildman–Crippen LogP) is 1.98. The van der Waals surface area contributed by atoms with Gasteiger partial charge < -0.3 is 15.2 Å². The third kappa shape index (κ3) is 5.42. The SMILES string of the molecule is C#CCOc1ccccc1CNC(CC)CO.Cl. The van der Waals surface area contributed by atoms with Crippen LogP contribution < -0.4 is 10.1 Å². The number of ether oxygens (including phenoxy) is 1. The minimum Gasteiger partial charge on any atom is -0.481 e. The van der Waals surface area contributed by atoms with E-state index in [1.807, 2.05) is 31.2 Å². The van der Waals surface area contributed by atoms with Crippen LogP contribution in [0.25, 0.3) is 0 Å². The lowest BCUT2D eigenvalue weighted by Crippen LogP contribution is -2.31. The number of hydrogen-bond acceptors (Lipinski definition) is 3. The van der Waals surface area contributed by atoms with E-state index >= 15 is 0 Å². The quantitative estimate of drug-likeness (QED) is 0.744. The fraction of sp³-hybridized carbons (Fsp3) is 0.429. The second-order valence-corrected chi connectivity index (χ2v) is 3.77. The van der Waals surface area contributed by atoms with Crippen LogP contribution in [-0.4, -0.2) is 24.4 Å². The lowest BCUT2D eigenvalue weighted by atomic mass is 10.1. The van der Waals surface area contributed by atoms with Gasteiger partial charge in [-0.1, -0.05) is 31.0 Å². The van der Waals surface area contributed by atoms with Crippen molar-refractivity contribution in [3.8, 4) is 18.1 Å². The molecule has 0 saturated heterocycles. The van der Waals surface area contributed by atoms with Crippen molar-refractivity contribution in [3.63, 3.8) is 0 Å². The third-order valence-electron chi connectivity index (χ3n) is 2.58. The van der Waals surface area contributed by atoms with Gasteiger partial charge in [0.2, 0.25) is 0 Å². The second kappa shape index (κ2) is 9.78. The van der Waals surface area contributed by atoms with Crippen molar-refractivity contribution in [1.82, 2.24) is 5.32 Å². The minimum absolute atomic E-state index is 0.